The van der Waals surface area contributed by atoms with E-state index in [0.717, 1.165) is 18.5 Å². The molecule has 0 radical (unpaired) electrons. The number of aryl methyl sites for hydroxylation is 2. The molecule has 74 valence electrons. The van der Waals surface area contributed by atoms with E-state index in [-0.39, 0.29) is 0 Å². The lowest BCUT2D eigenvalue weighted by Gasteiger charge is -2.09. The van der Waals surface area contributed by atoms with Crippen LogP contribution < -0.4 is 0 Å². The molecule has 2 rings (SSSR count). The number of nitrogens with zero attached hydrogens (tertiary/aromatic N) is 2. The highest BCUT2D eigenvalue weighted by molar-refractivity contribution is 8.05. The summed E-state index contributed by atoms with van der Waals surface area (Å²) >= 11 is 1.80. The molecule has 0 saturated heterocycles. The molecule has 0 aromatic carbocycles. The van der Waals surface area contributed by atoms with Gasteiger partial charge in [-0.2, -0.15) is 5.10 Å². The standard InChI is InChI=1S/C11H14N2S/c1-3-6-14-10-5-4-9-8-13(2)12-11(9)7-10/h3,6-8H,4-5H2,1-2H3/b6-3-. The molecule has 0 fully saturated rings. The normalized spacial score (nSPS) is 15.7. The monoisotopic (exact) mass is 206 g/mol. The van der Waals surface area contributed by atoms with Crippen LogP contribution in [0.5, 0.6) is 0 Å². The van der Waals surface area contributed by atoms with Crippen molar-refractivity contribution in [1.29, 1.82) is 0 Å². The van der Waals surface area contributed by atoms with Crippen LogP contribution in [0, 0.1) is 0 Å². The maximum Gasteiger partial charge on any atom is 0.0890 e. The maximum absolute atomic E-state index is 4.41. The van der Waals surface area contributed by atoms with Crippen LogP contribution in [0.3, 0.4) is 0 Å². The molecule has 1 aliphatic carbocycles. The number of hydrogen-bond acceptors (Lipinski definition) is 2. The number of hydrogen-bond donors (Lipinski definition) is 0. The Morgan fingerprint density at radius 1 is 1.50 bits per heavy atom. The predicted molar refractivity (Wildman–Crippen MR) is 61.9 cm³/mol. The molecular formula is C11H14N2S. The van der Waals surface area contributed by atoms with Gasteiger partial charge in [0.15, 0.2) is 0 Å². The SMILES string of the molecule is C/C=C\SC1=Cc2nn(C)cc2CC1. The molecule has 0 N–H and O–H groups in total. The third-order valence-electron chi connectivity index (χ3n) is 2.23. The topological polar surface area (TPSA) is 17.8 Å². The van der Waals surface area contributed by atoms with E-state index < -0.39 is 0 Å². The summed E-state index contributed by atoms with van der Waals surface area (Å²) in [5.74, 6) is 0. The van der Waals surface area contributed by atoms with Gasteiger partial charge in [-0.05, 0) is 41.7 Å². The molecule has 1 aromatic heterocycles. The number of rotatable bonds is 2. The minimum atomic E-state index is 1.12. The minimum Gasteiger partial charge on any atom is -0.275 e. The minimum absolute atomic E-state index is 1.12. The van der Waals surface area contributed by atoms with E-state index in [0.29, 0.717) is 0 Å². The van der Waals surface area contributed by atoms with Crippen molar-refractivity contribution in [2.75, 3.05) is 0 Å². The molecule has 1 aliphatic rings. The molecule has 1 aromatic rings. The molecule has 0 unspecified atom stereocenters. The van der Waals surface area contributed by atoms with Crippen LogP contribution in [0.4, 0.5) is 0 Å². The Labute approximate surface area is 88.7 Å². The van der Waals surface area contributed by atoms with Gasteiger partial charge in [0.2, 0.25) is 0 Å². The zero-order valence-electron chi connectivity index (χ0n) is 8.53. The molecule has 3 heteroatoms. The second-order valence-electron chi connectivity index (χ2n) is 3.41. The summed E-state index contributed by atoms with van der Waals surface area (Å²) in [5.41, 5.74) is 2.52. The summed E-state index contributed by atoms with van der Waals surface area (Å²) in [6, 6.07) is 0. The molecule has 0 aliphatic heterocycles. The summed E-state index contributed by atoms with van der Waals surface area (Å²) in [7, 11) is 1.98. The second kappa shape index (κ2) is 4.05. The van der Waals surface area contributed by atoms with Gasteiger partial charge in [0, 0.05) is 13.2 Å². The second-order valence-corrected chi connectivity index (χ2v) is 4.44. The fourth-order valence-electron chi connectivity index (χ4n) is 1.60. The van der Waals surface area contributed by atoms with Crippen LogP contribution in [0.2, 0.25) is 0 Å². The molecular weight excluding hydrogens is 192 g/mol. The first kappa shape index (κ1) is 9.59. The zero-order chi connectivity index (χ0) is 9.97. The Morgan fingerprint density at radius 3 is 3.14 bits per heavy atom. The van der Waals surface area contributed by atoms with Crippen molar-refractivity contribution in [1.82, 2.24) is 9.78 Å². The van der Waals surface area contributed by atoms with Crippen molar-refractivity contribution in [3.05, 3.63) is 33.8 Å². The Hall–Kier alpha value is -0.960. The molecule has 0 amide bonds. The van der Waals surface area contributed by atoms with Gasteiger partial charge in [0.05, 0.1) is 5.69 Å². The van der Waals surface area contributed by atoms with Gasteiger partial charge in [-0.15, -0.1) is 11.8 Å². The number of fused-ring (bicyclic) bond motifs is 1. The van der Waals surface area contributed by atoms with Crippen molar-refractivity contribution in [3.63, 3.8) is 0 Å². The summed E-state index contributed by atoms with van der Waals surface area (Å²) < 4.78 is 1.89. The van der Waals surface area contributed by atoms with Crippen molar-refractivity contribution in [3.8, 4) is 0 Å². The van der Waals surface area contributed by atoms with Crippen molar-refractivity contribution in [2.24, 2.45) is 7.05 Å². The van der Waals surface area contributed by atoms with Gasteiger partial charge in [-0.3, -0.25) is 4.68 Å². The molecule has 0 bridgehead atoms. The van der Waals surface area contributed by atoms with Gasteiger partial charge in [-0.25, -0.2) is 0 Å². The molecule has 0 saturated carbocycles. The first-order chi connectivity index (χ1) is 6.79. The lowest BCUT2D eigenvalue weighted by Crippen LogP contribution is -1.94. The lowest BCUT2D eigenvalue weighted by atomic mass is 10.1. The van der Waals surface area contributed by atoms with Gasteiger partial charge in [-0.1, -0.05) is 6.08 Å². The molecule has 0 spiro atoms. The van der Waals surface area contributed by atoms with Crippen LogP contribution in [0.15, 0.2) is 22.6 Å². The van der Waals surface area contributed by atoms with E-state index in [1.54, 1.807) is 11.8 Å². The van der Waals surface area contributed by atoms with Crippen LogP contribution >= 0.6 is 11.8 Å². The fraction of sp³-hybridized carbons (Fsp3) is 0.364. The van der Waals surface area contributed by atoms with E-state index in [2.05, 4.69) is 28.9 Å². The van der Waals surface area contributed by atoms with E-state index >= 15 is 0 Å². The number of aromatic nitrogens is 2. The Balaban J connectivity index is 2.21. The molecule has 0 atom stereocenters. The summed E-state index contributed by atoms with van der Waals surface area (Å²) in [4.78, 5) is 1.41. The van der Waals surface area contributed by atoms with Gasteiger partial charge in [0.25, 0.3) is 0 Å². The Morgan fingerprint density at radius 2 is 2.36 bits per heavy atom. The first-order valence-electron chi connectivity index (χ1n) is 4.80. The number of allylic oxidation sites excluding steroid dienone is 2. The highest BCUT2D eigenvalue weighted by atomic mass is 32.2. The van der Waals surface area contributed by atoms with Crippen LogP contribution in [-0.2, 0) is 13.5 Å². The highest BCUT2D eigenvalue weighted by Gasteiger charge is 2.12. The van der Waals surface area contributed by atoms with Crippen LogP contribution in [0.25, 0.3) is 6.08 Å². The zero-order valence-corrected chi connectivity index (χ0v) is 9.34. The smallest absolute Gasteiger partial charge is 0.0890 e. The lowest BCUT2D eigenvalue weighted by molar-refractivity contribution is 0.764. The molecule has 1 heterocycles. The maximum atomic E-state index is 4.41. The van der Waals surface area contributed by atoms with Gasteiger partial charge < -0.3 is 0 Å². The van der Waals surface area contributed by atoms with Crippen molar-refractivity contribution < 1.29 is 0 Å². The van der Waals surface area contributed by atoms with Gasteiger partial charge >= 0.3 is 0 Å². The number of thioether (sulfide) groups is 1. The van der Waals surface area contributed by atoms with Crippen LogP contribution in [0.1, 0.15) is 24.6 Å². The Bertz CT molecular complexity index is 388. The highest BCUT2D eigenvalue weighted by Crippen LogP contribution is 2.30. The largest absolute Gasteiger partial charge is 0.275 e. The van der Waals surface area contributed by atoms with Crippen molar-refractivity contribution in [2.45, 2.75) is 19.8 Å². The van der Waals surface area contributed by atoms with Crippen molar-refractivity contribution >= 4 is 17.8 Å². The van der Waals surface area contributed by atoms with E-state index in [9.17, 15) is 0 Å². The van der Waals surface area contributed by atoms with E-state index in [1.807, 2.05) is 18.7 Å². The molecule has 2 nitrogen and oxygen atoms in total. The van der Waals surface area contributed by atoms with Crippen LogP contribution in [-0.4, -0.2) is 9.78 Å². The average Bonchev–Trinajstić information content (AvgIpc) is 2.54. The Kier molecular flexibility index (Phi) is 2.77. The predicted octanol–water partition coefficient (Wildman–Crippen LogP) is 2.97. The fourth-order valence-corrected chi connectivity index (χ4v) is 2.31. The summed E-state index contributed by atoms with van der Waals surface area (Å²) in [5, 5.41) is 6.54. The molecule has 14 heavy (non-hydrogen) atoms. The third-order valence-corrected chi connectivity index (χ3v) is 3.26. The quantitative estimate of drug-likeness (QED) is 0.740. The average molecular weight is 206 g/mol. The first-order valence-corrected chi connectivity index (χ1v) is 5.68. The van der Waals surface area contributed by atoms with Gasteiger partial charge in [0.1, 0.15) is 0 Å². The van der Waals surface area contributed by atoms with E-state index in [1.165, 1.54) is 10.5 Å². The van der Waals surface area contributed by atoms with E-state index in [4.69, 9.17) is 0 Å². The summed E-state index contributed by atoms with van der Waals surface area (Å²) in [6.45, 7) is 2.04. The third kappa shape index (κ3) is 1.93. The summed E-state index contributed by atoms with van der Waals surface area (Å²) in [6.07, 6.45) is 8.65.